The van der Waals surface area contributed by atoms with Gasteiger partial charge in [-0.05, 0) is 53.9 Å². The van der Waals surface area contributed by atoms with Crippen LogP contribution < -0.4 is 5.73 Å². The van der Waals surface area contributed by atoms with Crippen LogP contribution in [-0.2, 0) is 0 Å². The lowest BCUT2D eigenvalue weighted by Gasteiger charge is -2.05. The van der Waals surface area contributed by atoms with Crippen LogP contribution in [0.1, 0.15) is 42.9 Å². The van der Waals surface area contributed by atoms with Crippen LogP contribution in [0.5, 0.6) is 0 Å². The molecule has 0 aliphatic carbocycles. The van der Waals surface area contributed by atoms with E-state index >= 15 is 0 Å². The highest BCUT2D eigenvalue weighted by molar-refractivity contribution is 5.67. The molecule has 0 saturated heterocycles. The Morgan fingerprint density at radius 3 is 1.87 bits per heavy atom. The minimum atomic E-state index is -0.832. The second-order valence-corrected chi connectivity index (χ2v) is 6.90. The van der Waals surface area contributed by atoms with Gasteiger partial charge in [-0.2, -0.15) is 0 Å². The van der Waals surface area contributed by atoms with E-state index in [4.69, 9.17) is 5.73 Å². The van der Waals surface area contributed by atoms with Gasteiger partial charge >= 0.3 is 0 Å². The Bertz CT molecular complexity index is 1180. The van der Waals surface area contributed by atoms with Crippen molar-refractivity contribution < 1.29 is 17.6 Å². The van der Waals surface area contributed by atoms with E-state index in [1.807, 2.05) is 6.92 Å². The molecule has 0 fully saturated rings. The van der Waals surface area contributed by atoms with Gasteiger partial charge in [0.25, 0.3) is 0 Å². The highest BCUT2D eigenvalue weighted by atomic mass is 19.1. The Labute approximate surface area is 178 Å². The Morgan fingerprint density at radius 2 is 1.29 bits per heavy atom. The first-order chi connectivity index (χ1) is 14.9. The first kappa shape index (κ1) is 22.0. The number of anilines is 1. The average Bonchev–Trinajstić information content (AvgIpc) is 2.75. The van der Waals surface area contributed by atoms with Crippen molar-refractivity contribution in [2.24, 2.45) is 0 Å². The molecule has 0 atom stereocenters. The van der Waals surface area contributed by atoms with E-state index in [0.717, 1.165) is 37.1 Å². The summed E-state index contributed by atoms with van der Waals surface area (Å²) in [5.41, 5.74) is 6.17. The number of halogens is 4. The molecule has 0 aliphatic rings. The van der Waals surface area contributed by atoms with Gasteiger partial charge in [0.15, 0.2) is 0 Å². The van der Waals surface area contributed by atoms with Crippen molar-refractivity contribution in [1.82, 2.24) is 0 Å². The normalized spacial score (nSPS) is 10.1. The summed E-state index contributed by atoms with van der Waals surface area (Å²) < 4.78 is 55.7. The van der Waals surface area contributed by atoms with Crippen LogP contribution in [0.3, 0.4) is 0 Å². The van der Waals surface area contributed by atoms with Crippen molar-refractivity contribution in [2.45, 2.75) is 26.2 Å². The average molecular weight is 421 g/mol. The van der Waals surface area contributed by atoms with Crippen molar-refractivity contribution in [1.29, 1.82) is 0 Å². The summed E-state index contributed by atoms with van der Waals surface area (Å²) in [6.07, 6.45) is 2.42. The van der Waals surface area contributed by atoms with Crippen LogP contribution in [0.2, 0.25) is 0 Å². The number of nitrogen functional groups attached to an aromatic ring is 1. The maximum Gasteiger partial charge on any atom is 0.149 e. The standard InChI is InChI=1S/C26H19F4N/c1-2-3-4-5-6-21-22(27)13-18(14-23(21)28)8-7-17-9-11-19(12-10-17)20-15-24(29)26(31)25(30)16-20/h9-16H,2-4,31H2,1H3. The monoisotopic (exact) mass is 421 g/mol. The SMILES string of the molecule is CCCCC#Cc1c(F)cc(C#Cc2ccc(-c3cc(F)c(N)c(F)c3)cc2)cc1F. The molecular weight excluding hydrogens is 402 g/mol. The van der Waals surface area contributed by atoms with Crippen molar-refractivity contribution in [3.8, 4) is 34.8 Å². The number of nitrogens with two attached hydrogens (primary N) is 1. The molecule has 0 saturated carbocycles. The molecule has 31 heavy (non-hydrogen) atoms. The Morgan fingerprint density at radius 1 is 0.710 bits per heavy atom. The Balaban J connectivity index is 1.80. The smallest absolute Gasteiger partial charge is 0.149 e. The third kappa shape index (κ3) is 5.47. The summed E-state index contributed by atoms with van der Waals surface area (Å²) in [6.45, 7) is 2.02. The maximum absolute atomic E-state index is 14.2. The molecule has 0 unspecified atom stereocenters. The number of hydrogen-bond acceptors (Lipinski definition) is 1. The van der Waals surface area contributed by atoms with Gasteiger partial charge in [-0.25, -0.2) is 17.6 Å². The molecule has 5 heteroatoms. The zero-order chi connectivity index (χ0) is 22.4. The van der Waals surface area contributed by atoms with Crippen LogP contribution in [0, 0.1) is 47.0 Å². The van der Waals surface area contributed by atoms with Crippen LogP contribution in [0.25, 0.3) is 11.1 Å². The molecule has 3 aromatic carbocycles. The van der Waals surface area contributed by atoms with Crippen molar-refractivity contribution in [3.63, 3.8) is 0 Å². The molecule has 0 heterocycles. The molecule has 3 aromatic rings. The van der Waals surface area contributed by atoms with E-state index in [9.17, 15) is 17.6 Å². The summed E-state index contributed by atoms with van der Waals surface area (Å²) in [4.78, 5) is 0. The maximum atomic E-state index is 14.2. The van der Waals surface area contributed by atoms with Crippen molar-refractivity contribution >= 4 is 5.69 Å². The number of rotatable bonds is 3. The molecule has 2 N–H and O–H groups in total. The van der Waals surface area contributed by atoms with E-state index in [-0.39, 0.29) is 11.1 Å². The molecular formula is C26H19F4N. The largest absolute Gasteiger partial charge is 0.394 e. The minimum absolute atomic E-state index is 0.181. The molecule has 3 rings (SSSR count). The number of benzene rings is 3. The molecule has 0 radical (unpaired) electrons. The van der Waals surface area contributed by atoms with Gasteiger partial charge in [0, 0.05) is 17.5 Å². The Hall–Kier alpha value is -3.70. The molecule has 0 spiro atoms. The van der Waals surface area contributed by atoms with Crippen LogP contribution >= 0.6 is 0 Å². The number of unbranched alkanes of at least 4 members (excludes halogenated alkanes) is 2. The molecule has 0 aromatic heterocycles. The molecule has 0 aliphatic heterocycles. The van der Waals surface area contributed by atoms with Gasteiger partial charge in [-0.3, -0.25) is 0 Å². The van der Waals surface area contributed by atoms with Gasteiger partial charge in [0.2, 0.25) is 0 Å². The summed E-state index contributed by atoms with van der Waals surface area (Å²) >= 11 is 0. The summed E-state index contributed by atoms with van der Waals surface area (Å²) in [7, 11) is 0. The van der Waals surface area contributed by atoms with E-state index in [1.165, 1.54) is 0 Å². The molecule has 0 amide bonds. The first-order valence-corrected chi connectivity index (χ1v) is 9.74. The summed E-state index contributed by atoms with van der Waals surface area (Å²) in [5, 5.41) is 0. The van der Waals surface area contributed by atoms with Gasteiger partial charge in [-0.1, -0.05) is 49.2 Å². The zero-order valence-electron chi connectivity index (χ0n) is 16.8. The van der Waals surface area contributed by atoms with E-state index in [1.54, 1.807) is 24.3 Å². The van der Waals surface area contributed by atoms with Gasteiger partial charge in [-0.15, -0.1) is 0 Å². The molecule has 156 valence electrons. The lowest BCUT2D eigenvalue weighted by molar-refractivity contribution is 0.576. The van der Waals surface area contributed by atoms with E-state index in [0.29, 0.717) is 23.1 Å². The van der Waals surface area contributed by atoms with E-state index < -0.39 is 29.0 Å². The topological polar surface area (TPSA) is 26.0 Å². The second kappa shape index (κ2) is 9.87. The quantitative estimate of drug-likeness (QED) is 0.224. The number of hydrogen-bond donors (Lipinski definition) is 1. The molecule has 1 nitrogen and oxygen atoms in total. The van der Waals surface area contributed by atoms with Gasteiger partial charge < -0.3 is 5.73 Å². The molecule has 0 bridgehead atoms. The van der Waals surface area contributed by atoms with Crippen LogP contribution in [-0.4, -0.2) is 0 Å². The second-order valence-electron chi connectivity index (χ2n) is 6.90. The highest BCUT2D eigenvalue weighted by Crippen LogP contribution is 2.26. The zero-order valence-corrected chi connectivity index (χ0v) is 16.8. The van der Waals surface area contributed by atoms with Gasteiger partial charge in [0.05, 0.1) is 5.56 Å². The summed E-state index contributed by atoms with van der Waals surface area (Å²) in [6, 6.07) is 11.2. The first-order valence-electron chi connectivity index (χ1n) is 9.74. The van der Waals surface area contributed by atoms with Crippen LogP contribution in [0.4, 0.5) is 23.2 Å². The highest BCUT2D eigenvalue weighted by Gasteiger charge is 2.10. The fourth-order valence-electron chi connectivity index (χ4n) is 2.82. The van der Waals surface area contributed by atoms with Crippen LogP contribution in [0.15, 0.2) is 48.5 Å². The summed E-state index contributed by atoms with van der Waals surface area (Å²) in [5.74, 6) is 7.67. The fourth-order valence-corrected chi connectivity index (χ4v) is 2.82. The third-order valence-corrected chi connectivity index (χ3v) is 4.56. The lowest BCUT2D eigenvalue weighted by atomic mass is 10.0. The predicted octanol–water partition coefficient (Wildman–Crippen LogP) is 6.43. The van der Waals surface area contributed by atoms with Crippen molar-refractivity contribution in [3.05, 3.63) is 88.5 Å². The van der Waals surface area contributed by atoms with Gasteiger partial charge in [0.1, 0.15) is 29.0 Å². The van der Waals surface area contributed by atoms with E-state index in [2.05, 4.69) is 23.7 Å². The third-order valence-electron chi connectivity index (χ3n) is 4.56. The Kier molecular flexibility index (Phi) is 7.00. The van der Waals surface area contributed by atoms with Crippen molar-refractivity contribution in [2.75, 3.05) is 5.73 Å². The fraction of sp³-hybridized carbons (Fsp3) is 0.154. The lowest BCUT2D eigenvalue weighted by Crippen LogP contribution is -1.96. The minimum Gasteiger partial charge on any atom is -0.394 e. The predicted molar refractivity (Wildman–Crippen MR) is 115 cm³/mol.